The highest BCUT2D eigenvalue weighted by Gasteiger charge is 2.22. The molecule has 0 bridgehead atoms. The summed E-state index contributed by atoms with van der Waals surface area (Å²) >= 11 is 1.49. The third-order valence-electron chi connectivity index (χ3n) is 1.96. The summed E-state index contributed by atoms with van der Waals surface area (Å²) in [6.45, 7) is 4.38. The van der Waals surface area contributed by atoms with Crippen molar-refractivity contribution in [3.8, 4) is 0 Å². The predicted molar refractivity (Wildman–Crippen MR) is 55.1 cm³/mol. The van der Waals surface area contributed by atoms with Crippen molar-refractivity contribution in [1.82, 2.24) is 9.36 Å². The highest BCUT2D eigenvalue weighted by Crippen LogP contribution is 2.25. The Morgan fingerprint density at radius 2 is 2.31 bits per heavy atom. The molecule has 1 aromatic rings. The largest absolute Gasteiger partial charge is 0.358 e. The van der Waals surface area contributed by atoms with Crippen molar-refractivity contribution in [3.63, 3.8) is 0 Å². The van der Waals surface area contributed by atoms with Crippen LogP contribution in [0.3, 0.4) is 0 Å². The van der Waals surface area contributed by atoms with Gasteiger partial charge >= 0.3 is 0 Å². The van der Waals surface area contributed by atoms with E-state index in [2.05, 4.69) is 28.5 Å². The molecule has 0 saturated heterocycles. The Bertz CT molecular complexity index is 260. The molecule has 0 atom stereocenters. The van der Waals surface area contributed by atoms with E-state index < -0.39 is 0 Å². The molecule has 2 rings (SSSR count). The molecular formula is C9H15N3S. The molecule has 1 saturated carbocycles. The van der Waals surface area contributed by atoms with Crippen LogP contribution in [0.1, 0.15) is 32.5 Å². The van der Waals surface area contributed by atoms with Crippen LogP contribution in [0.2, 0.25) is 0 Å². The summed E-state index contributed by atoms with van der Waals surface area (Å²) in [5.74, 6) is 1.63. The third kappa shape index (κ3) is 2.66. The van der Waals surface area contributed by atoms with Crippen LogP contribution in [0.5, 0.6) is 0 Å². The van der Waals surface area contributed by atoms with Crippen molar-refractivity contribution in [2.45, 2.75) is 39.2 Å². The zero-order chi connectivity index (χ0) is 9.26. The first-order valence-electron chi connectivity index (χ1n) is 4.83. The Morgan fingerprint density at radius 3 is 2.92 bits per heavy atom. The van der Waals surface area contributed by atoms with E-state index in [4.69, 9.17) is 0 Å². The molecule has 0 radical (unpaired) electrons. The van der Waals surface area contributed by atoms with E-state index in [9.17, 15) is 0 Å². The van der Waals surface area contributed by atoms with Gasteiger partial charge in [0.15, 0.2) is 0 Å². The van der Waals surface area contributed by atoms with Gasteiger partial charge in [-0.2, -0.15) is 4.37 Å². The van der Waals surface area contributed by atoms with E-state index in [0.29, 0.717) is 12.0 Å². The molecule has 1 aliphatic rings. The molecule has 0 aliphatic heterocycles. The van der Waals surface area contributed by atoms with Gasteiger partial charge in [-0.3, -0.25) is 0 Å². The highest BCUT2D eigenvalue weighted by atomic mass is 32.1. The summed E-state index contributed by atoms with van der Waals surface area (Å²) in [6, 6.07) is 0.680. The average Bonchev–Trinajstić information content (AvgIpc) is 2.73. The second-order valence-corrected chi connectivity index (χ2v) is 4.78. The summed E-state index contributed by atoms with van der Waals surface area (Å²) in [4.78, 5) is 4.43. The molecule has 1 N–H and O–H groups in total. The van der Waals surface area contributed by atoms with E-state index >= 15 is 0 Å². The maximum absolute atomic E-state index is 4.43. The monoisotopic (exact) mass is 197 g/mol. The van der Waals surface area contributed by atoms with E-state index in [-0.39, 0.29) is 0 Å². The van der Waals surface area contributed by atoms with Gasteiger partial charge in [0.2, 0.25) is 5.13 Å². The lowest BCUT2D eigenvalue weighted by molar-refractivity contribution is 0.627. The van der Waals surface area contributed by atoms with Crippen molar-refractivity contribution in [2.75, 3.05) is 5.32 Å². The number of rotatable bonds is 4. The van der Waals surface area contributed by atoms with Gasteiger partial charge < -0.3 is 5.32 Å². The number of nitrogens with one attached hydrogen (secondary N) is 1. The lowest BCUT2D eigenvalue weighted by Gasteiger charge is -1.98. The van der Waals surface area contributed by atoms with Gasteiger partial charge in [0.05, 0.1) is 0 Å². The van der Waals surface area contributed by atoms with E-state index in [0.717, 1.165) is 17.4 Å². The summed E-state index contributed by atoms with van der Waals surface area (Å²) in [6.07, 6.45) is 3.57. The van der Waals surface area contributed by atoms with Crippen molar-refractivity contribution < 1.29 is 0 Å². The minimum atomic E-state index is 0.642. The van der Waals surface area contributed by atoms with E-state index in [1.54, 1.807) is 0 Å². The third-order valence-corrected chi connectivity index (χ3v) is 2.65. The molecule has 1 fully saturated rings. The van der Waals surface area contributed by atoms with Crippen LogP contribution in [0, 0.1) is 5.92 Å². The molecule has 1 heterocycles. The first kappa shape index (κ1) is 8.94. The first-order chi connectivity index (χ1) is 6.24. The predicted octanol–water partition coefficient (Wildman–Crippen LogP) is 2.31. The Balaban J connectivity index is 1.91. The van der Waals surface area contributed by atoms with Crippen molar-refractivity contribution >= 4 is 16.7 Å². The molecule has 1 aromatic heterocycles. The Labute approximate surface area is 82.8 Å². The Hall–Kier alpha value is -0.640. The zero-order valence-electron chi connectivity index (χ0n) is 8.08. The van der Waals surface area contributed by atoms with E-state index in [1.807, 2.05) is 0 Å². The molecule has 0 unspecified atom stereocenters. The van der Waals surface area contributed by atoms with Crippen LogP contribution in [0.4, 0.5) is 5.13 Å². The normalized spacial score (nSPS) is 16.5. The summed E-state index contributed by atoms with van der Waals surface area (Å²) < 4.78 is 4.31. The lowest BCUT2D eigenvalue weighted by atomic mass is 10.1. The highest BCUT2D eigenvalue weighted by molar-refractivity contribution is 7.09. The number of hydrogen-bond donors (Lipinski definition) is 1. The fourth-order valence-electron chi connectivity index (χ4n) is 1.16. The molecule has 0 spiro atoms. The number of aromatic nitrogens is 2. The molecule has 1 aliphatic carbocycles. The number of hydrogen-bond acceptors (Lipinski definition) is 4. The van der Waals surface area contributed by atoms with Crippen LogP contribution < -0.4 is 5.32 Å². The fourth-order valence-corrected chi connectivity index (χ4v) is 1.84. The molecule has 72 valence electrons. The minimum Gasteiger partial charge on any atom is -0.358 e. The van der Waals surface area contributed by atoms with Crippen LogP contribution in [-0.2, 0) is 6.42 Å². The van der Waals surface area contributed by atoms with E-state index in [1.165, 1.54) is 24.4 Å². The minimum absolute atomic E-state index is 0.642. The zero-order valence-corrected chi connectivity index (χ0v) is 8.90. The summed E-state index contributed by atoms with van der Waals surface area (Å²) in [5.41, 5.74) is 0. The van der Waals surface area contributed by atoms with Crippen LogP contribution in [0.15, 0.2) is 0 Å². The van der Waals surface area contributed by atoms with Crippen LogP contribution in [0.25, 0.3) is 0 Å². The Morgan fingerprint density at radius 1 is 1.54 bits per heavy atom. The smallest absolute Gasteiger partial charge is 0.202 e. The average molecular weight is 197 g/mol. The van der Waals surface area contributed by atoms with Gasteiger partial charge in [-0.05, 0) is 18.8 Å². The molecule has 0 aromatic carbocycles. The molecule has 13 heavy (non-hydrogen) atoms. The van der Waals surface area contributed by atoms with Gasteiger partial charge in [0, 0.05) is 24.0 Å². The second kappa shape index (κ2) is 3.62. The van der Waals surface area contributed by atoms with Crippen molar-refractivity contribution in [3.05, 3.63) is 5.82 Å². The summed E-state index contributed by atoms with van der Waals surface area (Å²) in [5, 5.41) is 4.35. The van der Waals surface area contributed by atoms with Gasteiger partial charge in [0.1, 0.15) is 5.82 Å². The second-order valence-electron chi connectivity index (χ2n) is 4.03. The molecule has 0 amide bonds. The van der Waals surface area contributed by atoms with Crippen LogP contribution >= 0.6 is 11.5 Å². The molecule has 3 nitrogen and oxygen atoms in total. The topological polar surface area (TPSA) is 37.8 Å². The van der Waals surface area contributed by atoms with Gasteiger partial charge in [-0.1, -0.05) is 13.8 Å². The van der Waals surface area contributed by atoms with Gasteiger partial charge in [0.25, 0.3) is 0 Å². The maximum atomic E-state index is 4.43. The SMILES string of the molecule is CC(C)Cc1nsc(NC2CC2)n1. The number of anilines is 1. The fraction of sp³-hybridized carbons (Fsp3) is 0.778. The molecular weight excluding hydrogens is 182 g/mol. The number of nitrogens with zero attached hydrogens (tertiary/aromatic N) is 2. The summed E-state index contributed by atoms with van der Waals surface area (Å²) in [7, 11) is 0. The lowest BCUT2D eigenvalue weighted by Crippen LogP contribution is -2.01. The van der Waals surface area contributed by atoms with Gasteiger partial charge in [-0.15, -0.1) is 0 Å². The van der Waals surface area contributed by atoms with Crippen LogP contribution in [-0.4, -0.2) is 15.4 Å². The van der Waals surface area contributed by atoms with Crippen molar-refractivity contribution in [1.29, 1.82) is 0 Å². The quantitative estimate of drug-likeness (QED) is 0.805. The first-order valence-corrected chi connectivity index (χ1v) is 5.60. The standard InChI is InChI=1S/C9H15N3S/c1-6(2)5-8-11-9(13-12-8)10-7-3-4-7/h6-7H,3-5H2,1-2H3,(H,10,11,12). The maximum Gasteiger partial charge on any atom is 0.202 e. The van der Waals surface area contributed by atoms with Gasteiger partial charge in [-0.25, -0.2) is 4.98 Å². The Kier molecular flexibility index (Phi) is 2.49. The van der Waals surface area contributed by atoms with Crippen molar-refractivity contribution in [2.24, 2.45) is 5.92 Å². The molecule has 4 heteroatoms.